The van der Waals surface area contributed by atoms with E-state index in [0.717, 1.165) is 13.2 Å². The van der Waals surface area contributed by atoms with Gasteiger partial charge < -0.3 is 4.74 Å². The van der Waals surface area contributed by atoms with Gasteiger partial charge in [-0.1, -0.05) is 38.5 Å². The van der Waals surface area contributed by atoms with Gasteiger partial charge in [-0.3, -0.25) is 0 Å². The highest BCUT2D eigenvalue weighted by atomic mass is 16.5. The molecule has 1 heteroatoms. The molecule has 0 N–H and O–H groups in total. The lowest BCUT2D eigenvalue weighted by Gasteiger charge is -2.05. The fraction of sp³-hybridized carbons (Fsp3) is 1.00. The SMILES string of the molecule is C1CCCCC1.C1CCOC1. The van der Waals surface area contributed by atoms with Crippen molar-refractivity contribution < 1.29 is 4.74 Å². The van der Waals surface area contributed by atoms with Crippen LogP contribution in [0.5, 0.6) is 0 Å². The average Bonchev–Trinajstić information content (AvgIpc) is 2.64. The van der Waals surface area contributed by atoms with E-state index in [1.54, 1.807) is 0 Å². The first-order chi connectivity index (χ1) is 5.50. The van der Waals surface area contributed by atoms with Crippen molar-refractivity contribution in [2.75, 3.05) is 13.2 Å². The largest absolute Gasteiger partial charge is 0.381 e. The molecule has 2 aliphatic rings. The van der Waals surface area contributed by atoms with Crippen LogP contribution in [0.3, 0.4) is 0 Å². The maximum absolute atomic E-state index is 4.94. The zero-order valence-corrected chi connectivity index (χ0v) is 7.48. The van der Waals surface area contributed by atoms with E-state index in [1.165, 1.54) is 51.4 Å². The molecule has 0 unspecified atom stereocenters. The number of hydrogen-bond donors (Lipinski definition) is 0. The van der Waals surface area contributed by atoms with Gasteiger partial charge >= 0.3 is 0 Å². The standard InChI is InChI=1S/C6H12.C4H8O/c1-2-4-6-5-3-1;1-2-4-5-3-1/h1-6H2;1-4H2. The first-order valence-electron chi connectivity index (χ1n) is 5.08. The Morgan fingerprint density at radius 3 is 1.00 bits per heavy atom. The van der Waals surface area contributed by atoms with Gasteiger partial charge in [0, 0.05) is 13.2 Å². The van der Waals surface area contributed by atoms with Gasteiger partial charge in [-0.2, -0.15) is 0 Å². The van der Waals surface area contributed by atoms with Gasteiger partial charge in [0.25, 0.3) is 0 Å². The molecule has 2 rings (SSSR count). The zero-order valence-electron chi connectivity index (χ0n) is 7.48. The Hall–Kier alpha value is -0.0400. The van der Waals surface area contributed by atoms with Gasteiger partial charge in [0.1, 0.15) is 0 Å². The molecule has 0 aromatic carbocycles. The molecule has 1 aliphatic carbocycles. The first-order valence-corrected chi connectivity index (χ1v) is 5.08. The van der Waals surface area contributed by atoms with Crippen LogP contribution in [0, 0.1) is 0 Å². The fourth-order valence-electron chi connectivity index (χ4n) is 1.57. The van der Waals surface area contributed by atoms with Gasteiger partial charge in [0.2, 0.25) is 0 Å². The van der Waals surface area contributed by atoms with Crippen molar-refractivity contribution in [1.82, 2.24) is 0 Å². The summed E-state index contributed by atoms with van der Waals surface area (Å²) in [4.78, 5) is 0. The third-order valence-electron chi connectivity index (χ3n) is 2.33. The molecular formula is C10H20O. The summed E-state index contributed by atoms with van der Waals surface area (Å²) in [6, 6.07) is 0. The second kappa shape index (κ2) is 6.66. The van der Waals surface area contributed by atoms with Crippen LogP contribution < -0.4 is 0 Å². The minimum Gasteiger partial charge on any atom is -0.381 e. The van der Waals surface area contributed by atoms with E-state index < -0.39 is 0 Å². The minimum absolute atomic E-state index is 1.00. The van der Waals surface area contributed by atoms with E-state index >= 15 is 0 Å². The second-order valence-electron chi connectivity index (χ2n) is 3.44. The monoisotopic (exact) mass is 156 g/mol. The van der Waals surface area contributed by atoms with Crippen molar-refractivity contribution >= 4 is 0 Å². The summed E-state index contributed by atoms with van der Waals surface area (Å²) in [5.41, 5.74) is 0. The van der Waals surface area contributed by atoms with E-state index in [1.807, 2.05) is 0 Å². The lowest BCUT2D eigenvalue weighted by Crippen LogP contribution is -1.85. The summed E-state index contributed by atoms with van der Waals surface area (Å²) in [7, 11) is 0. The van der Waals surface area contributed by atoms with E-state index in [4.69, 9.17) is 4.74 Å². The molecule has 1 heterocycles. The summed E-state index contributed by atoms with van der Waals surface area (Å²) in [5, 5.41) is 0. The topological polar surface area (TPSA) is 9.23 Å². The molecule has 0 bridgehead atoms. The summed E-state index contributed by atoms with van der Waals surface area (Å²) in [6.07, 6.45) is 11.6. The highest BCUT2D eigenvalue weighted by molar-refractivity contribution is 4.51. The van der Waals surface area contributed by atoms with Crippen LogP contribution in [0.1, 0.15) is 51.4 Å². The summed E-state index contributed by atoms with van der Waals surface area (Å²) in [5.74, 6) is 0. The molecule has 0 amide bonds. The molecule has 2 fully saturated rings. The van der Waals surface area contributed by atoms with Crippen molar-refractivity contribution in [2.24, 2.45) is 0 Å². The predicted octanol–water partition coefficient (Wildman–Crippen LogP) is 3.14. The molecule has 0 spiro atoms. The average molecular weight is 156 g/mol. The van der Waals surface area contributed by atoms with Crippen molar-refractivity contribution in [2.45, 2.75) is 51.4 Å². The van der Waals surface area contributed by atoms with Gasteiger partial charge in [0.15, 0.2) is 0 Å². The van der Waals surface area contributed by atoms with E-state index in [0.29, 0.717) is 0 Å². The molecule has 0 atom stereocenters. The molecule has 0 aromatic rings. The lowest BCUT2D eigenvalue weighted by atomic mass is 10.0. The fourth-order valence-corrected chi connectivity index (χ4v) is 1.57. The maximum Gasteiger partial charge on any atom is 0.0466 e. The molecule has 0 aromatic heterocycles. The third-order valence-corrected chi connectivity index (χ3v) is 2.33. The third kappa shape index (κ3) is 5.25. The van der Waals surface area contributed by atoms with Crippen LogP contribution >= 0.6 is 0 Å². The number of rotatable bonds is 0. The maximum atomic E-state index is 4.94. The molecule has 1 saturated heterocycles. The van der Waals surface area contributed by atoms with E-state index in [9.17, 15) is 0 Å². The Bertz CT molecular complexity index is 53.8. The van der Waals surface area contributed by atoms with Crippen LogP contribution in [-0.4, -0.2) is 13.2 Å². The summed E-state index contributed by atoms with van der Waals surface area (Å²) in [6.45, 7) is 2.00. The Balaban J connectivity index is 0.000000112. The Morgan fingerprint density at radius 2 is 0.818 bits per heavy atom. The zero-order chi connectivity index (χ0) is 7.78. The highest BCUT2D eigenvalue weighted by Gasteiger charge is 1.95. The van der Waals surface area contributed by atoms with Crippen molar-refractivity contribution in [3.8, 4) is 0 Å². The Kier molecular flexibility index (Phi) is 5.48. The van der Waals surface area contributed by atoms with Crippen molar-refractivity contribution in [3.05, 3.63) is 0 Å². The summed E-state index contributed by atoms with van der Waals surface area (Å²) < 4.78 is 4.94. The van der Waals surface area contributed by atoms with Gasteiger partial charge in [-0.25, -0.2) is 0 Å². The normalized spacial score (nSPS) is 24.0. The van der Waals surface area contributed by atoms with Crippen LogP contribution in [-0.2, 0) is 4.74 Å². The molecule has 1 saturated carbocycles. The molecule has 0 radical (unpaired) electrons. The highest BCUT2D eigenvalue weighted by Crippen LogP contribution is 2.15. The van der Waals surface area contributed by atoms with Crippen molar-refractivity contribution in [3.63, 3.8) is 0 Å². The smallest absolute Gasteiger partial charge is 0.0466 e. The quantitative estimate of drug-likeness (QED) is 0.523. The van der Waals surface area contributed by atoms with Gasteiger partial charge in [-0.15, -0.1) is 0 Å². The van der Waals surface area contributed by atoms with Crippen LogP contribution in [0.4, 0.5) is 0 Å². The van der Waals surface area contributed by atoms with Crippen LogP contribution in [0.2, 0.25) is 0 Å². The number of ether oxygens (including phenoxy) is 1. The molecule has 1 aliphatic heterocycles. The lowest BCUT2D eigenvalue weighted by molar-refractivity contribution is 0.198. The van der Waals surface area contributed by atoms with E-state index in [-0.39, 0.29) is 0 Å². The second-order valence-corrected chi connectivity index (χ2v) is 3.44. The van der Waals surface area contributed by atoms with Gasteiger partial charge in [0.05, 0.1) is 0 Å². The molecule has 66 valence electrons. The van der Waals surface area contributed by atoms with Crippen molar-refractivity contribution in [1.29, 1.82) is 0 Å². The Morgan fingerprint density at radius 1 is 0.455 bits per heavy atom. The number of hydrogen-bond acceptors (Lipinski definition) is 1. The predicted molar refractivity (Wildman–Crippen MR) is 47.8 cm³/mol. The first kappa shape index (κ1) is 9.05. The minimum atomic E-state index is 1.00. The van der Waals surface area contributed by atoms with Gasteiger partial charge in [-0.05, 0) is 12.8 Å². The molecule has 11 heavy (non-hydrogen) atoms. The Labute approximate surface area is 70.1 Å². The summed E-state index contributed by atoms with van der Waals surface area (Å²) >= 11 is 0. The molecule has 1 nitrogen and oxygen atoms in total. The van der Waals surface area contributed by atoms with Crippen LogP contribution in [0.25, 0.3) is 0 Å². The van der Waals surface area contributed by atoms with Crippen LogP contribution in [0.15, 0.2) is 0 Å². The molecular weight excluding hydrogens is 136 g/mol. The van der Waals surface area contributed by atoms with E-state index in [2.05, 4.69) is 0 Å².